The van der Waals surface area contributed by atoms with Crippen molar-refractivity contribution >= 4 is 15.9 Å². The maximum Gasteiger partial charge on any atom is 0.0718 e. The first-order chi connectivity index (χ1) is 7.75. The zero-order chi connectivity index (χ0) is 11.4. The van der Waals surface area contributed by atoms with Crippen molar-refractivity contribution in [2.75, 3.05) is 19.7 Å². The van der Waals surface area contributed by atoms with Gasteiger partial charge in [0.2, 0.25) is 0 Å². The van der Waals surface area contributed by atoms with E-state index in [1.165, 1.54) is 0 Å². The molecule has 1 aliphatic heterocycles. The molecule has 0 amide bonds. The first kappa shape index (κ1) is 12.0. The number of hydrogen-bond donors (Lipinski definition) is 2. The van der Waals surface area contributed by atoms with Crippen LogP contribution in [0, 0.1) is 0 Å². The Labute approximate surface area is 104 Å². The van der Waals surface area contributed by atoms with Crippen LogP contribution in [-0.4, -0.2) is 25.8 Å². The van der Waals surface area contributed by atoms with Crippen LogP contribution in [0.3, 0.4) is 0 Å². The molecule has 2 unspecified atom stereocenters. The smallest absolute Gasteiger partial charge is 0.0718 e. The molecule has 16 heavy (non-hydrogen) atoms. The van der Waals surface area contributed by atoms with Gasteiger partial charge in [0.05, 0.1) is 12.7 Å². The maximum atomic E-state index is 6.17. The standard InChI is InChI=1S/C12H17BrN2O/c13-10-3-1-2-9(6-10)12(14)7-11-8-15-4-5-16-11/h1-3,6,11-12,15H,4-5,7-8,14H2. The zero-order valence-corrected chi connectivity index (χ0v) is 10.7. The summed E-state index contributed by atoms with van der Waals surface area (Å²) in [5.41, 5.74) is 7.32. The van der Waals surface area contributed by atoms with Crippen LogP contribution in [0.15, 0.2) is 28.7 Å². The van der Waals surface area contributed by atoms with Crippen molar-refractivity contribution in [3.8, 4) is 0 Å². The monoisotopic (exact) mass is 284 g/mol. The van der Waals surface area contributed by atoms with E-state index >= 15 is 0 Å². The molecule has 0 aliphatic carbocycles. The van der Waals surface area contributed by atoms with E-state index in [4.69, 9.17) is 10.5 Å². The van der Waals surface area contributed by atoms with E-state index < -0.39 is 0 Å². The van der Waals surface area contributed by atoms with E-state index in [0.29, 0.717) is 0 Å². The summed E-state index contributed by atoms with van der Waals surface area (Å²) >= 11 is 3.46. The Bertz CT molecular complexity index is 340. The molecular formula is C12H17BrN2O. The number of nitrogens with two attached hydrogens (primary N) is 1. The Morgan fingerprint density at radius 3 is 3.12 bits per heavy atom. The van der Waals surface area contributed by atoms with Crippen LogP contribution in [0.1, 0.15) is 18.0 Å². The number of benzene rings is 1. The van der Waals surface area contributed by atoms with Crippen molar-refractivity contribution < 1.29 is 4.74 Å². The molecule has 3 N–H and O–H groups in total. The average molecular weight is 285 g/mol. The van der Waals surface area contributed by atoms with Gasteiger partial charge >= 0.3 is 0 Å². The number of ether oxygens (including phenoxy) is 1. The quantitative estimate of drug-likeness (QED) is 0.890. The van der Waals surface area contributed by atoms with Crippen LogP contribution in [0.4, 0.5) is 0 Å². The highest BCUT2D eigenvalue weighted by molar-refractivity contribution is 9.10. The highest BCUT2D eigenvalue weighted by atomic mass is 79.9. The Balaban J connectivity index is 1.94. The number of halogens is 1. The third kappa shape index (κ3) is 3.28. The van der Waals surface area contributed by atoms with E-state index in [0.717, 1.165) is 36.2 Å². The third-order valence-electron chi connectivity index (χ3n) is 2.80. The van der Waals surface area contributed by atoms with Crippen molar-refractivity contribution in [1.29, 1.82) is 0 Å². The number of rotatable bonds is 3. The van der Waals surface area contributed by atoms with Gasteiger partial charge in [-0.1, -0.05) is 28.1 Å². The Morgan fingerprint density at radius 1 is 1.56 bits per heavy atom. The lowest BCUT2D eigenvalue weighted by atomic mass is 10.0. The number of nitrogens with one attached hydrogen (secondary N) is 1. The van der Waals surface area contributed by atoms with Crippen LogP contribution in [0.2, 0.25) is 0 Å². The van der Waals surface area contributed by atoms with Gasteiger partial charge in [-0.25, -0.2) is 0 Å². The van der Waals surface area contributed by atoms with Gasteiger partial charge in [0.25, 0.3) is 0 Å². The summed E-state index contributed by atoms with van der Waals surface area (Å²) in [5, 5.41) is 3.31. The largest absolute Gasteiger partial charge is 0.376 e. The molecular weight excluding hydrogens is 268 g/mol. The topological polar surface area (TPSA) is 47.3 Å². The molecule has 1 aromatic rings. The molecule has 1 aliphatic rings. The summed E-state index contributed by atoms with van der Waals surface area (Å²) < 4.78 is 6.72. The van der Waals surface area contributed by atoms with Crippen LogP contribution in [-0.2, 0) is 4.74 Å². The van der Waals surface area contributed by atoms with E-state index in [1.54, 1.807) is 0 Å². The Hall–Kier alpha value is -0.420. The van der Waals surface area contributed by atoms with Crippen LogP contribution >= 0.6 is 15.9 Å². The number of morpholine rings is 1. The van der Waals surface area contributed by atoms with Gasteiger partial charge in [0, 0.05) is 23.6 Å². The molecule has 0 bridgehead atoms. The molecule has 88 valence electrons. The second-order valence-electron chi connectivity index (χ2n) is 4.09. The normalized spacial score (nSPS) is 23.0. The van der Waals surface area contributed by atoms with Crippen LogP contribution < -0.4 is 11.1 Å². The summed E-state index contributed by atoms with van der Waals surface area (Å²) in [6.07, 6.45) is 1.10. The second-order valence-corrected chi connectivity index (χ2v) is 5.01. The minimum absolute atomic E-state index is 0.0439. The molecule has 4 heteroatoms. The lowest BCUT2D eigenvalue weighted by Gasteiger charge is -2.26. The summed E-state index contributed by atoms with van der Waals surface area (Å²) in [6.45, 7) is 2.64. The predicted octanol–water partition coefficient (Wildman–Crippen LogP) is 1.83. The summed E-state index contributed by atoms with van der Waals surface area (Å²) in [6, 6.07) is 8.20. The average Bonchev–Trinajstić information content (AvgIpc) is 2.30. The minimum atomic E-state index is 0.0439. The van der Waals surface area contributed by atoms with Gasteiger partial charge in [-0.2, -0.15) is 0 Å². The summed E-state index contributed by atoms with van der Waals surface area (Å²) in [4.78, 5) is 0. The molecule has 0 saturated carbocycles. The summed E-state index contributed by atoms with van der Waals surface area (Å²) in [5.74, 6) is 0. The lowest BCUT2D eigenvalue weighted by molar-refractivity contribution is 0.0195. The highest BCUT2D eigenvalue weighted by Gasteiger charge is 2.17. The first-order valence-electron chi connectivity index (χ1n) is 5.59. The summed E-state index contributed by atoms with van der Waals surface area (Å²) in [7, 11) is 0. The fraction of sp³-hybridized carbons (Fsp3) is 0.500. The molecule has 1 heterocycles. The van der Waals surface area contributed by atoms with E-state index in [-0.39, 0.29) is 12.1 Å². The van der Waals surface area contributed by atoms with Gasteiger partial charge < -0.3 is 15.8 Å². The van der Waals surface area contributed by atoms with Gasteiger partial charge in [-0.15, -0.1) is 0 Å². The molecule has 3 nitrogen and oxygen atoms in total. The van der Waals surface area contributed by atoms with Crippen molar-refractivity contribution in [2.45, 2.75) is 18.6 Å². The van der Waals surface area contributed by atoms with Crippen LogP contribution in [0.5, 0.6) is 0 Å². The van der Waals surface area contributed by atoms with Crippen molar-refractivity contribution in [2.24, 2.45) is 5.73 Å². The number of hydrogen-bond acceptors (Lipinski definition) is 3. The maximum absolute atomic E-state index is 6.17. The fourth-order valence-electron chi connectivity index (χ4n) is 1.93. The van der Waals surface area contributed by atoms with Crippen LogP contribution in [0.25, 0.3) is 0 Å². The first-order valence-corrected chi connectivity index (χ1v) is 6.38. The molecule has 1 aromatic carbocycles. The van der Waals surface area contributed by atoms with E-state index in [2.05, 4.69) is 33.4 Å². The molecule has 0 spiro atoms. The molecule has 2 rings (SSSR count). The molecule has 0 radical (unpaired) electrons. The zero-order valence-electron chi connectivity index (χ0n) is 9.16. The van der Waals surface area contributed by atoms with Gasteiger partial charge in [-0.3, -0.25) is 0 Å². The SMILES string of the molecule is NC(CC1CNCCO1)c1cccc(Br)c1. The minimum Gasteiger partial charge on any atom is -0.376 e. The lowest BCUT2D eigenvalue weighted by Crippen LogP contribution is -2.40. The molecule has 2 atom stereocenters. The van der Waals surface area contributed by atoms with Crippen molar-refractivity contribution in [3.63, 3.8) is 0 Å². The van der Waals surface area contributed by atoms with E-state index in [1.807, 2.05) is 12.1 Å². The van der Waals surface area contributed by atoms with Crippen molar-refractivity contribution in [1.82, 2.24) is 5.32 Å². The second kappa shape index (κ2) is 5.77. The Morgan fingerprint density at radius 2 is 2.44 bits per heavy atom. The third-order valence-corrected chi connectivity index (χ3v) is 3.29. The predicted molar refractivity (Wildman–Crippen MR) is 68.3 cm³/mol. The van der Waals surface area contributed by atoms with Gasteiger partial charge in [0.15, 0.2) is 0 Å². The molecule has 1 fully saturated rings. The van der Waals surface area contributed by atoms with Crippen molar-refractivity contribution in [3.05, 3.63) is 34.3 Å². The van der Waals surface area contributed by atoms with Gasteiger partial charge in [0.1, 0.15) is 0 Å². The highest BCUT2D eigenvalue weighted by Crippen LogP contribution is 2.21. The molecule has 0 aromatic heterocycles. The molecule has 1 saturated heterocycles. The van der Waals surface area contributed by atoms with E-state index in [9.17, 15) is 0 Å². The fourth-order valence-corrected chi connectivity index (χ4v) is 2.34. The Kier molecular flexibility index (Phi) is 4.35. The van der Waals surface area contributed by atoms with Gasteiger partial charge in [-0.05, 0) is 24.1 Å².